The number of hydrogen-bond donors (Lipinski definition) is 0. The number of rotatable bonds is 6. The minimum absolute atomic E-state index is 0.0465. The van der Waals surface area contributed by atoms with Gasteiger partial charge in [-0.3, -0.25) is 0 Å². The third kappa shape index (κ3) is 11.3. The molecule has 0 radical (unpaired) electrons. The average Bonchev–Trinajstić information content (AvgIpc) is 3.83. The predicted molar refractivity (Wildman–Crippen MR) is 270 cm³/mol. The molecule has 4 aromatic carbocycles. The first-order chi connectivity index (χ1) is 29.5. The first kappa shape index (κ1) is 46.7. The Balaban J connectivity index is 0.000000140. The molecule has 1 saturated heterocycles. The van der Waals surface area contributed by atoms with Crippen LogP contribution in [0.4, 0.5) is 11.4 Å². The van der Waals surface area contributed by atoms with Gasteiger partial charge in [-0.2, -0.15) is 0 Å². The first-order valence-corrected chi connectivity index (χ1v) is 30.7. The molecule has 6 heteroatoms. The standard InChI is InChI=1S/C22H29N2.C18H33P.C15H10.2ClH.Ru/c1-14-10-16(3)21(17(4)11-14)23-8-9-24(20(23)7)22-18(5)12-15(2)13-19(22)6;1-4-10-16(11-5-1)19(17-12-6-2-7-13-17)18-14-8-3-9-15-18;1-2-6-12(7-3-1)15-11-10-13-8-4-5-9-14(13)15;;;/h10-13,20H,7-9H2,1-6H3;16-18H,1-15H2;1-9,11H;2*1H;/q-1;;;;;+2/p-1. The molecule has 330 valence electrons. The monoisotopic (exact) mass is 964 g/mol. The number of allylic oxidation sites excluding steroid dienone is 1. The summed E-state index contributed by atoms with van der Waals surface area (Å²) in [6.07, 6.45) is 26.1. The third-order valence-corrected chi connectivity index (χ3v) is 22.0. The van der Waals surface area contributed by atoms with E-state index in [-0.39, 0.29) is 14.1 Å². The van der Waals surface area contributed by atoms with Gasteiger partial charge in [-0.15, -0.1) is 0 Å². The van der Waals surface area contributed by atoms with E-state index in [9.17, 15) is 0 Å². The zero-order chi connectivity index (χ0) is 43.0. The summed E-state index contributed by atoms with van der Waals surface area (Å²) in [4.78, 5) is 4.92. The summed E-state index contributed by atoms with van der Waals surface area (Å²) in [5.74, 6) is 0. The molecule has 0 amide bonds. The summed E-state index contributed by atoms with van der Waals surface area (Å²) in [6, 6.07) is 27.8. The Morgan fingerprint density at radius 3 is 1.30 bits per heavy atom. The quantitative estimate of drug-likeness (QED) is 0.108. The molecule has 0 atom stereocenters. The van der Waals surface area contributed by atoms with Crippen molar-refractivity contribution in [2.45, 2.75) is 161 Å². The number of halogens is 2. The molecular weight excluding hydrogens is 892 g/mol. The topological polar surface area (TPSA) is 6.48 Å². The molecule has 1 heterocycles. The molecule has 4 aromatic rings. The average molecular weight is 965 g/mol. The Bertz CT molecular complexity index is 1990. The van der Waals surface area contributed by atoms with Crippen LogP contribution < -0.4 is 9.80 Å². The van der Waals surface area contributed by atoms with Crippen LogP contribution in [0.3, 0.4) is 0 Å². The Labute approximate surface area is 385 Å². The maximum atomic E-state index is 6.19. The van der Waals surface area contributed by atoms with Gasteiger partial charge < -0.3 is 16.7 Å². The number of fused-ring (bicyclic) bond motifs is 1. The van der Waals surface area contributed by atoms with Crippen LogP contribution >= 0.6 is 27.3 Å². The van der Waals surface area contributed by atoms with E-state index in [1.54, 1.807) is 96.3 Å². The molecule has 0 unspecified atom stereocenters. The Hall–Kier alpha value is -2.28. The molecule has 2 nitrogen and oxygen atoms in total. The second-order valence-electron chi connectivity index (χ2n) is 18.9. The summed E-state index contributed by atoms with van der Waals surface area (Å²) in [6.45, 7) is 19.7. The van der Waals surface area contributed by atoms with Crippen LogP contribution in [0.25, 0.3) is 5.57 Å². The van der Waals surface area contributed by atoms with E-state index in [2.05, 4.69) is 119 Å². The van der Waals surface area contributed by atoms with Crippen molar-refractivity contribution in [1.29, 1.82) is 0 Å². The van der Waals surface area contributed by atoms with Crippen LogP contribution in [0, 0.1) is 48.5 Å². The van der Waals surface area contributed by atoms with Crippen LogP contribution in [0.15, 0.2) is 84.9 Å². The summed E-state index contributed by atoms with van der Waals surface area (Å²) >= 11 is -1.88. The molecule has 0 aromatic heterocycles. The van der Waals surface area contributed by atoms with Crippen LogP contribution in [0.5, 0.6) is 0 Å². The molecule has 4 fully saturated rings. The van der Waals surface area contributed by atoms with Crippen LogP contribution in [-0.4, -0.2) is 40.3 Å². The van der Waals surface area contributed by atoms with Crippen LogP contribution in [0.2, 0.25) is 0 Å². The predicted octanol–water partition coefficient (Wildman–Crippen LogP) is 15.8. The normalized spacial score (nSPS) is 19.3. The molecule has 0 N–H and O–H groups in total. The summed E-state index contributed by atoms with van der Waals surface area (Å²) in [7, 11) is 12.3. The van der Waals surface area contributed by atoms with E-state index >= 15 is 0 Å². The van der Waals surface area contributed by atoms with Crippen molar-refractivity contribution in [3.05, 3.63) is 142 Å². The van der Waals surface area contributed by atoms with Crippen molar-refractivity contribution in [1.82, 2.24) is 0 Å². The number of hydrogen-bond acceptors (Lipinski definition) is 2. The van der Waals surface area contributed by atoms with Crippen molar-refractivity contribution < 1.29 is 13.5 Å². The van der Waals surface area contributed by atoms with Gasteiger partial charge in [0, 0.05) is 32.4 Å². The van der Waals surface area contributed by atoms with E-state index in [4.69, 9.17) is 19.4 Å². The van der Waals surface area contributed by atoms with Gasteiger partial charge in [0.25, 0.3) is 0 Å². The fourth-order valence-electron chi connectivity index (χ4n) is 11.9. The van der Waals surface area contributed by atoms with Crippen molar-refractivity contribution in [2.24, 2.45) is 0 Å². The third-order valence-electron chi connectivity index (χ3n) is 14.3. The Kier molecular flexibility index (Phi) is 16.9. The minimum atomic E-state index is -1.88. The van der Waals surface area contributed by atoms with Gasteiger partial charge in [0.05, 0.1) is 17.0 Å². The molecule has 1 aliphatic heterocycles. The van der Waals surface area contributed by atoms with E-state index < -0.39 is 13.5 Å². The molecular formula is C55H73Cl2N2PRu. The Morgan fingerprint density at radius 2 is 0.902 bits per heavy atom. The van der Waals surface area contributed by atoms with Gasteiger partial charge in [0.15, 0.2) is 0 Å². The first-order valence-electron chi connectivity index (χ1n) is 23.6. The van der Waals surface area contributed by atoms with E-state index in [1.807, 2.05) is 24.3 Å². The van der Waals surface area contributed by atoms with Crippen LogP contribution in [-0.2, 0) is 13.5 Å². The van der Waals surface area contributed by atoms with Crippen molar-refractivity contribution in [2.75, 3.05) is 22.9 Å². The van der Waals surface area contributed by atoms with Crippen LogP contribution in [0.1, 0.15) is 146 Å². The number of nitrogens with zero attached hydrogens (tertiary/aromatic N) is 2. The van der Waals surface area contributed by atoms with Gasteiger partial charge in [-0.1, -0.05) is 54.7 Å². The molecule has 4 aliphatic carbocycles. The zero-order valence-corrected chi connectivity index (χ0v) is 42.4. The molecule has 3 saturated carbocycles. The number of aryl methyl sites for hydroxylation is 6. The van der Waals surface area contributed by atoms with Gasteiger partial charge >= 0.3 is 120 Å². The van der Waals surface area contributed by atoms with Gasteiger partial charge in [-0.25, -0.2) is 0 Å². The summed E-state index contributed by atoms with van der Waals surface area (Å²) in [5, 5.41) is 0. The van der Waals surface area contributed by atoms with E-state index in [0.29, 0.717) is 0 Å². The summed E-state index contributed by atoms with van der Waals surface area (Å²) < 4.78 is 1.12. The maximum absolute atomic E-state index is 6.19. The van der Waals surface area contributed by atoms with Crippen molar-refractivity contribution in [3.63, 3.8) is 0 Å². The van der Waals surface area contributed by atoms with Crippen molar-refractivity contribution in [3.8, 4) is 0 Å². The molecule has 61 heavy (non-hydrogen) atoms. The van der Waals surface area contributed by atoms with Gasteiger partial charge in [0.1, 0.15) is 0 Å². The summed E-state index contributed by atoms with van der Waals surface area (Å²) in [5.41, 5.74) is 19.3. The van der Waals surface area contributed by atoms with Crippen molar-refractivity contribution >= 4 is 48.4 Å². The van der Waals surface area contributed by atoms with E-state index in [1.165, 1.54) is 84.0 Å². The molecule has 9 rings (SSSR count). The Morgan fingerprint density at radius 1 is 0.525 bits per heavy atom. The second-order valence-corrected chi connectivity index (χ2v) is 28.1. The number of benzene rings is 4. The SMILES string of the molecule is C1CCC([PH+](C2CCCCC2)C2CCCCC2)CC1.[CH2-]C1N(c2c(C)cc(C)cc2C)CCN1c1c(C)cc(C)cc1C.[Cl][Ru]([Cl])=[C]1C=C(c2ccccc2)c2ccccc21. The fourth-order valence-corrected chi connectivity index (χ4v) is 19.6. The zero-order valence-electron chi connectivity index (χ0n) is 38.1. The molecule has 5 aliphatic rings. The number of anilines is 2. The molecule has 0 spiro atoms. The second kappa shape index (κ2) is 22.1. The fraction of sp³-hybridized carbons (Fsp3) is 0.491. The van der Waals surface area contributed by atoms with Gasteiger partial charge in [0.2, 0.25) is 0 Å². The molecule has 0 bridgehead atoms. The van der Waals surface area contributed by atoms with E-state index in [0.717, 1.165) is 17.2 Å². The van der Waals surface area contributed by atoms with Gasteiger partial charge in [-0.05, 0) is 147 Å².